The predicted molar refractivity (Wildman–Crippen MR) is 72.0 cm³/mol. The molecule has 0 radical (unpaired) electrons. The van der Waals surface area contributed by atoms with Crippen molar-refractivity contribution in [1.82, 2.24) is 5.43 Å². The van der Waals surface area contributed by atoms with E-state index in [1.165, 1.54) is 18.3 Å². The molecule has 0 aliphatic rings. The molecule has 0 saturated carbocycles. The number of rotatable bonds is 3. The fourth-order valence-electron chi connectivity index (χ4n) is 0.889. The molecule has 0 aromatic heterocycles. The number of hydrazone groups is 1. The molecule has 0 saturated heterocycles. The summed E-state index contributed by atoms with van der Waals surface area (Å²) < 4.78 is 0. The van der Waals surface area contributed by atoms with Gasteiger partial charge in [0.1, 0.15) is 0 Å². The van der Waals surface area contributed by atoms with Crippen molar-refractivity contribution in [3.63, 3.8) is 0 Å². The number of nitrogens with one attached hydrogen (secondary N) is 1. The lowest BCUT2D eigenvalue weighted by Gasteiger charge is -1.95. The third-order valence-corrected chi connectivity index (χ3v) is 1.56. The average Bonchev–Trinajstić information content (AvgIpc) is 2.31. The number of nitro groups is 1. The molecule has 1 rings (SSSR count). The molecular weight excluding hydrogens is 240 g/mol. The van der Waals surface area contributed by atoms with Crippen LogP contribution in [0.2, 0.25) is 0 Å². The predicted octanol–water partition coefficient (Wildman–Crippen LogP) is 1.79. The number of nitrogens with zero attached hydrogens (tertiary/aromatic N) is 2. The van der Waals surface area contributed by atoms with Crippen molar-refractivity contribution in [3.05, 3.63) is 39.9 Å². The van der Waals surface area contributed by atoms with Crippen LogP contribution in [0.3, 0.4) is 0 Å². The molecule has 0 unspecified atom stereocenters. The maximum absolute atomic E-state index is 10.4. The molecule has 1 aromatic rings. The van der Waals surface area contributed by atoms with Gasteiger partial charge in [-0.2, -0.15) is 5.10 Å². The number of hydrogen-bond donors (Lipinski definition) is 2. The molecule has 0 amide bonds. The third-order valence-electron chi connectivity index (χ3n) is 1.47. The minimum atomic E-state index is -0.474. The smallest absolute Gasteiger partial charge is 0.270 e. The van der Waals surface area contributed by atoms with Gasteiger partial charge in [0.15, 0.2) is 5.11 Å². The van der Waals surface area contributed by atoms with Crippen LogP contribution in [0.15, 0.2) is 29.4 Å². The van der Waals surface area contributed by atoms with Gasteiger partial charge in [0.05, 0.1) is 11.1 Å². The number of benzene rings is 1. The highest BCUT2D eigenvalue weighted by atomic mass is 32.1. The maximum Gasteiger partial charge on any atom is 0.270 e. The molecular formula is C10H14N4O2S. The fourth-order valence-corrected chi connectivity index (χ4v) is 0.942. The highest BCUT2D eigenvalue weighted by molar-refractivity contribution is 7.80. The molecule has 6 nitrogen and oxygen atoms in total. The zero-order valence-corrected chi connectivity index (χ0v) is 10.4. The zero-order chi connectivity index (χ0) is 13.3. The lowest BCUT2D eigenvalue weighted by Crippen LogP contribution is -2.23. The lowest BCUT2D eigenvalue weighted by atomic mass is 10.2. The van der Waals surface area contributed by atoms with Crippen molar-refractivity contribution in [2.24, 2.45) is 10.8 Å². The summed E-state index contributed by atoms with van der Waals surface area (Å²) in [4.78, 5) is 9.97. The van der Waals surface area contributed by atoms with Crippen LogP contribution in [0.25, 0.3) is 0 Å². The van der Waals surface area contributed by atoms with Crippen LogP contribution in [-0.4, -0.2) is 16.3 Å². The van der Waals surface area contributed by atoms with Gasteiger partial charge in [0.2, 0.25) is 0 Å². The van der Waals surface area contributed by atoms with E-state index in [1.54, 1.807) is 12.1 Å². The minimum Gasteiger partial charge on any atom is -0.375 e. The Morgan fingerprint density at radius 1 is 1.59 bits per heavy atom. The maximum atomic E-state index is 10.4. The molecule has 0 heterocycles. The second kappa shape index (κ2) is 8.17. The van der Waals surface area contributed by atoms with E-state index in [-0.39, 0.29) is 10.8 Å². The van der Waals surface area contributed by atoms with Crippen molar-refractivity contribution >= 4 is 29.2 Å². The van der Waals surface area contributed by atoms with E-state index >= 15 is 0 Å². The third kappa shape index (κ3) is 6.21. The second-order valence-electron chi connectivity index (χ2n) is 2.59. The summed E-state index contributed by atoms with van der Waals surface area (Å²) in [6.45, 7) is 4.00. The first-order chi connectivity index (χ1) is 8.09. The molecule has 0 spiro atoms. The van der Waals surface area contributed by atoms with E-state index in [1.807, 2.05) is 13.8 Å². The van der Waals surface area contributed by atoms with E-state index in [0.29, 0.717) is 5.56 Å². The summed E-state index contributed by atoms with van der Waals surface area (Å²) in [6.07, 6.45) is 1.40. The van der Waals surface area contributed by atoms with E-state index in [4.69, 9.17) is 5.73 Å². The summed E-state index contributed by atoms with van der Waals surface area (Å²) >= 11 is 4.52. The van der Waals surface area contributed by atoms with E-state index in [9.17, 15) is 10.1 Å². The van der Waals surface area contributed by atoms with Gasteiger partial charge < -0.3 is 5.73 Å². The second-order valence-corrected chi connectivity index (χ2v) is 3.03. The monoisotopic (exact) mass is 254 g/mol. The Kier molecular flexibility index (Phi) is 7.20. The highest BCUT2D eigenvalue weighted by Gasteiger charge is 2.03. The van der Waals surface area contributed by atoms with Crippen LogP contribution >= 0.6 is 12.2 Å². The van der Waals surface area contributed by atoms with E-state index in [0.717, 1.165) is 0 Å². The molecule has 0 aliphatic heterocycles. The molecule has 92 valence electrons. The van der Waals surface area contributed by atoms with Crippen LogP contribution < -0.4 is 11.2 Å². The standard InChI is InChI=1S/C8H8N4O2S.C2H6/c9-8(15)11-10-5-6-2-1-3-7(4-6)12(13)14;1-2/h1-5H,(H3,9,11,15);1-2H3/b10-5+;. The van der Waals surface area contributed by atoms with Crippen LogP contribution in [0, 0.1) is 10.1 Å². The minimum absolute atomic E-state index is 0.00859. The first kappa shape index (κ1) is 15.0. The van der Waals surface area contributed by atoms with Gasteiger partial charge in [-0.1, -0.05) is 26.0 Å². The zero-order valence-electron chi connectivity index (χ0n) is 9.58. The summed E-state index contributed by atoms with van der Waals surface area (Å²) in [5.41, 5.74) is 8.08. The lowest BCUT2D eigenvalue weighted by molar-refractivity contribution is -0.384. The molecule has 0 fully saturated rings. The van der Waals surface area contributed by atoms with Crippen LogP contribution in [0.5, 0.6) is 0 Å². The Morgan fingerprint density at radius 2 is 2.24 bits per heavy atom. The number of nitro benzene ring substituents is 1. The summed E-state index contributed by atoms with van der Waals surface area (Å²) in [5, 5.41) is 14.2. The topological polar surface area (TPSA) is 93.5 Å². The highest BCUT2D eigenvalue weighted by Crippen LogP contribution is 2.11. The van der Waals surface area contributed by atoms with Gasteiger partial charge in [0, 0.05) is 17.7 Å². The molecule has 17 heavy (non-hydrogen) atoms. The van der Waals surface area contributed by atoms with Gasteiger partial charge in [-0.05, 0) is 12.2 Å². The van der Waals surface area contributed by atoms with Gasteiger partial charge in [-0.15, -0.1) is 0 Å². The van der Waals surface area contributed by atoms with Crippen molar-refractivity contribution < 1.29 is 4.92 Å². The summed E-state index contributed by atoms with van der Waals surface area (Å²) in [5.74, 6) is 0. The molecule has 3 N–H and O–H groups in total. The van der Waals surface area contributed by atoms with Crippen molar-refractivity contribution in [2.75, 3.05) is 0 Å². The Labute approximate surface area is 105 Å². The normalized spacial score (nSPS) is 9.29. The van der Waals surface area contributed by atoms with Gasteiger partial charge >= 0.3 is 0 Å². The largest absolute Gasteiger partial charge is 0.375 e. The Balaban J connectivity index is 0.00000121. The van der Waals surface area contributed by atoms with Gasteiger partial charge in [-0.3, -0.25) is 15.5 Å². The van der Waals surface area contributed by atoms with Crippen molar-refractivity contribution in [3.8, 4) is 0 Å². The van der Waals surface area contributed by atoms with Crippen LogP contribution in [0.1, 0.15) is 19.4 Å². The average molecular weight is 254 g/mol. The van der Waals surface area contributed by atoms with Gasteiger partial charge in [0.25, 0.3) is 5.69 Å². The molecule has 7 heteroatoms. The number of non-ortho nitro benzene ring substituents is 1. The van der Waals surface area contributed by atoms with Gasteiger partial charge in [-0.25, -0.2) is 0 Å². The van der Waals surface area contributed by atoms with E-state index in [2.05, 4.69) is 22.7 Å². The summed E-state index contributed by atoms with van der Waals surface area (Å²) in [7, 11) is 0. The molecule has 0 aliphatic carbocycles. The van der Waals surface area contributed by atoms with Crippen molar-refractivity contribution in [2.45, 2.75) is 13.8 Å². The van der Waals surface area contributed by atoms with Crippen LogP contribution in [0.4, 0.5) is 5.69 Å². The quantitative estimate of drug-likeness (QED) is 0.371. The number of thiocarbonyl (C=S) groups is 1. The number of hydrogen-bond acceptors (Lipinski definition) is 4. The molecule has 0 atom stereocenters. The first-order valence-corrected chi connectivity index (χ1v) is 5.33. The Bertz CT molecular complexity index is 421. The molecule has 0 bridgehead atoms. The Morgan fingerprint density at radius 3 is 2.76 bits per heavy atom. The van der Waals surface area contributed by atoms with Crippen molar-refractivity contribution in [1.29, 1.82) is 0 Å². The summed E-state index contributed by atoms with van der Waals surface area (Å²) in [6, 6.07) is 6.04. The number of nitrogens with two attached hydrogens (primary N) is 1. The van der Waals surface area contributed by atoms with Crippen LogP contribution in [-0.2, 0) is 0 Å². The Hall–Kier alpha value is -2.02. The SMILES string of the molecule is CC.NC(=S)N/N=C/c1cccc([N+](=O)[O-])c1. The van der Waals surface area contributed by atoms with E-state index < -0.39 is 4.92 Å². The fraction of sp³-hybridized carbons (Fsp3) is 0.200. The molecule has 1 aromatic carbocycles. The first-order valence-electron chi connectivity index (χ1n) is 4.92.